The minimum Gasteiger partial charge on any atom is -0.396 e. The Morgan fingerprint density at radius 2 is 2.17 bits per heavy atom. The second kappa shape index (κ2) is 6.05. The highest BCUT2D eigenvalue weighted by molar-refractivity contribution is 5.87. The van der Waals surface area contributed by atoms with Crippen LogP contribution in [-0.4, -0.2) is 55.8 Å². The van der Waals surface area contributed by atoms with Gasteiger partial charge in [0.05, 0.1) is 24.3 Å². The molecule has 0 spiro atoms. The molecule has 0 aliphatic carbocycles. The van der Waals surface area contributed by atoms with Crippen molar-refractivity contribution in [3.05, 3.63) is 12.0 Å². The first kappa shape index (κ1) is 16.1. The Hall–Kier alpha value is -1.73. The summed E-state index contributed by atoms with van der Waals surface area (Å²) >= 11 is 0. The first-order chi connectivity index (χ1) is 11.0. The Morgan fingerprint density at radius 3 is 2.87 bits per heavy atom. The predicted octanol–water partition coefficient (Wildman–Crippen LogP) is 1.02. The Balaban J connectivity index is 2.02. The van der Waals surface area contributed by atoms with Crippen molar-refractivity contribution in [3.8, 4) is 0 Å². The molecule has 0 radical (unpaired) electrons. The number of fused-ring (bicyclic) bond motifs is 1. The number of aryl methyl sites for hydroxylation is 2. The van der Waals surface area contributed by atoms with Gasteiger partial charge in [-0.3, -0.25) is 4.68 Å². The van der Waals surface area contributed by atoms with Gasteiger partial charge in [0.15, 0.2) is 5.65 Å². The van der Waals surface area contributed by atoms with E-state index in [0.29, 0.717) is 25.3 Å². The summed E-state index contributed by atoms with van der Waals surface area (Å²) < 4.78 is 1.75. The lowest BCUT2D eigenvalue weighted by molar-refractivity contribution is -0.0352. The summed E-state index contributed by atoms with van der Waals surface area (Å²) in [5.41, 5.74) is 0.323. The van der Waals surface area contributed by atoms with Crippen LogP contribution in [0.25, 0.3) is 11.0 Å². The minimum absolute atomic E-state index is 0.0151. The number of rotatable bonds is 4. The molecule has 0 aromatic carbocycles. The summed E-state index contributed by atoms with van der Waals surface area (Å²) in [6, 6.07) is 0. The first-order valence-corrected chi connectivity index (χ1v) is 8.21. The lowest BCUT2D eigenvalue weighted by atomic mass is 9.74. The van der Waals surface area contributed by atoms with Gasteiger partial charge in [-0.15, -0.1) is 0 Å². The number of aliphatic hydroxyl groups is 2. The third kappa shape index (κ3) is 2.68. The molecule has 0 unspecified atom stereocenters. The van der Waals surface area contributed by atoms with E-state index in [2.05, 4.69) is 26.9 Å². The maximum atomic E-state index is 10.5. The van der Waals surface area contributed by atoms with E-state index in [4.69, 9.17) is 0 Å². The lowest BCUT2D eigenvalue weighted by Crippen LogP contribution is -2.54. The molecule has 3 heterocycles. The van der Waals surface area contributed by atoms with Crippen LogP contribution in [0.5, 0.6) is 0 Å². The molecular formula is C16H25N5O2. The number of aromatic nitrogens is 4. The molecule has 1 aliphatic rings. The van der Waals surface area contributed by atoms with E-state index in [1.165, 1.54) is 0 Å². The van der Waals surface area contributed by atoms with Crippen molar-refractivity contribution in [2.24, 2.45) is 12.5 Å². The zero-order chi connectivity index (χ0) is 16.6. The van der Waals surface area contributed by atoms with E-state index >= 15 is 0 Å². The van der Waals surface area contributed by atoms with Crippen molar-refractivity contribution in [3.63, 3.8) is 0 Å². The van der Waals surface area contributed by atoms with Crippen LogP contribution in [0.1, 0.15) is 32.0 Å². The lowest BCUT2D eigenvalue weighted by Gasteiger charge is -2.45. The van der Waals surface area contributed by atoms with E-state index < -0.39 is 11.5 Å². The quantitative estimate of drug-likeness (QED) is 0.875. The molecule has 3 rings (SSSR count). The third-order valence-electron chi connectivity index (χ3n) is 4.93. The average molecular weight is 319 g/mol. The number of hydrogen-bond acceptors (Lipinski definition) is 6. The summed E-state index contributed by atoms with van der Waals surface area (Å²) in [7, 11) is 1.87. The van der Waals surface area contributed by atoms with Gasteiger partial charge in [-0.2, -0.15) is 5.10 Å². The fourth-order valence-corrected chi connectivity index (χ4v) is 3.66. The SMILES string of the molecule is CCC[C@@]1(CO)CN(c2nc(C)nc3c2cnn3C)CC[C@@H]1O. The zero-order valence-corrected chi connectivity index (χ0v) is 14.0. The van der Waals surface area contributed by atoms with Gasteiger partial charge in [-0.25, -0.2) is 9.97 Å². The number of aliphatic hydroxyl groups excluding tert-OH is 2. The summed E-state index contributed by atoms with van der Waals surface area (Å²) in [5.74, 6) is 1.55. The molecule has 1 saturated heterocycles. The molecule has 1 fully saturated rings. The fraction of sp³-hybridized carbons (Fsp3) is 0.688. The van der Waals surface area contributed by atoms with Gasteiger partial charge in [0.2, 0.25) is 0 Å². The van der Waals surface area contributed by atoms with Crippen molar-refractivity contribution in [2.75, 3.05) is 24.6 Å². The summed E-state index contributed by atoms with van der Waals surface area (Å²) in [4.78, 5) is 11.2. The van der Waals surface area contributed by atoms with Gasteiger partial charge in [0, 0.05) is 25.6 Å². The normalized spacial score (nSPS) is 25.3. The van der Waals surface area contributed by atoms with Crippen LogP contribution in [-0.2, 0) is 7.05 Å². The van der Waals surface area contributed by atoms with Gasteiger partial charge in [0.25, 0.3) is 0 Å². The Kier molecular flexibility index (Phi) is 4.25. The van der Waals surface area contributed by atoms with Gasteiger partial charge in [-0.05, 0) is 19.8 Å². The number of anilines is 1. The highest BCUT2D eigenvalue weighted by Gasteiger charge is 2.42. The van der Waals surface area contributed by atoms with Crippen LogP contribution in [0, 0.1) is 12.3 Å². The maximum Gasteiger partial charge on any atom is 0.163 e. The molecule has 0 amide bonds. The van der Waals surface area contributed by atoms with Crippen molar-refractivity contribution in [1.82, 2.24) is 19.7 Å². The monoisotopic (exact) mass is 319 g/mol. The molecule has 23 heavy (non-hydrogen) atoms. The Bertz CT molecular complexity index is 701. The first-order valence-electron chi connectivity index (χ1n) is 8.21. The molecule has 2 aromatic rings. The largest absolute Gasteiger partial charge is 0.396 e. The van der Waals surface area contributed by atoms with E-state index in [1.807, 2.05) is 14.0 Å². The Morgan fingerprint density at radius 1 is 1.39 bits per heavy atom. The van der Waals surface area contributed by atoms with Gasteiger partial charge < -0.3 is 15.1 Å². The molecule has 2 atom stereocenters. The van der Waals surface area contributed by atoms with Crippen LogP contribution in [0.2, 0.25) is 0 Å². The predicted molar refractivity (Wildman–Crippen MR) is 88.3 cm³/mol. The molecule has 126 valence electrons. The topological polar surface area (TPSA) is 87.3 Å². The number of piperidine rings is 1. The molecule has 1 aliphatic heterocycles. The fourth-order valence-electron chi connectivity index (χ4n) is 3.66. The van der Waals surface area contributed by atoms with Crippen LogP contribution in [0.15, 0.2) is 6.20 Å². The van der Waals surface area contributed by atoms with Gasteiger partial charge in [0.1, 0.15) is 11.6 Å². The summed E-state index contributed by atoms with van der Waals surface area (Å²) in [6.07, 6.45) is 3.66. The third-order valence-corrected chi connectivity index (χ3v) is 4.93. The minimum atomic E-state index is -0.486. The summed E-state index contributed by atoms with van der Waals surface area (Å²) in [5, 5.41) is 25.6. The van der Waals surface area contributed by atoms with Crippen molar-refractivity contribution >= 4 is 16.9 Å². The highest BCUT2D eigenvalue weighted by Crippen LogP contribution is 2.37. The summed E-state index contributed by atoms with van der Waals surface area (Å²) in [6.45, 7) is 5.25. The second-order valence-electron chi connectivity index (χ2n) is 6.60. The molecule has 0 saturated carbocycles. The molecule has 7 nitrogen and oxygen atoms in total. The highest BCUT2D eigenvalue weighted by atomic mass is 16.3. The van der Waals surface area contributed by atoms with E-state index in [0.717, 1.165) is 29.7 Å². The van der Waals surface area contributed by atoms with Crippen LogP contribution >= 0.6 is 0 Å². The zero-order valence-electron chi connectivity index (χ0n) is 14.0. The van der Waals surface area contributed by atoms with E-state index in [9.17, 15) is 10.2 Å². The molecule has 0 bridgehead atoms. The van der Waals surface area contributed by atoms with E-state index in [-0.39, 0.29) is 6.61 Å². The van der Waals surface area contributed by atoms with Crippen molar-refractivity contribution < 1.29 is 10.2 Å². The van der Waals surface area contributed by atoms with Crippen LogP contribution < -0.4 is 4.90 Å². The molecule has 2 N–H and O–H groups in total. The van der Waals surface area contributed by atoms with Crippen LogP contribution in [0.4, 0.5) is 5.82 Å². The van der Waals surface area contributed by atoms with Crippen molar-refractivity contribution in [2.45, 2.75) is 39.2 Å². The average Bonchev–Trinajstić information content (AvgIpc) is 2.90. The van der Waals surface area contributed by atoms with Crippen molar-refractivity contribution in [1.29, 1.82) is 0 Å². The Labute approximate surface area is 136 Å². The molecule has 2 aromatic heterocycles. The standard InChI is InChI=1S/C16H25N5O2/c1-4-6-16(10-22)9-21(7-5-13(16)23)15-12-8-17-20(3)14(12)18-11(2)19-15/h8,13,22-23H,4-7,9-10H2,1-3H3/t13-,16-/m0/s1. The molecule has 7 heteroatoms. The molecular weight excluding hydrogens is 294 g/mol. The number of nitrogens with zero attached hydrogens (tertiary/aromatic N) is 5. The van der Waals surface area contributed by atoms with Gasteiger partial charge >= 0.3 is 0 Å². The number of hydrogen-bond donors (Lipinski definition) is 2. The second-order valence-corrected chi connectivity index (χ2v) is 6.60. The van der Waals surface area contributed by atoms with E-state index in [1.54, 1.807) is 10.9 Å². The van der Waals surface area contributed by atoms with Gasteiger partial charge in [-0.1, -0.05) is 13.3 Å². The van der Waals surface area contributed by atoms with Crippen LogP contribution in [0.3, 0.4) is 0 Å². The maximum absolute atomic E-state index is 10.5. The smallest absolute Gasteiger partial charge is 0.163 e.